The first-order valence-corrected chi connectivity index (χ1v) is 6.77. The van der Waals surface area contributed by atoms with Crippen LogP contribution in [-0.2, 0) is 4.74 Å². The standard InChI is InChI=1S/C15H19N3O/c1-11(13-7-8-19-10-13)17-14-9-16-18-15(14)12-5-3-2-4-6-12/h2-6,9,11,13,17H,7-8,10H2,1H3,(H,16,18). The molecule has 100 valence electrons. The second-order valence-corrected chi connectivity index (χ2v) is 5.08. The van der Waals surface area contributed by atoms with Gasteiger partial charge in [0.25, 0.3) is 0 Å². The highest BCUT2D eigenvalue weighted by Gasteiger charge is 2.23. The molecule has 4 heteroatoms. The number of hydrogen-bond acceptors (Lipinski definition) is 3. The van der Waals surface area contributed by atoms with Gasteiger partial charge in [-0.3, -0.25) is 5.10 Å². The lowest BCUT2D eigenvalue weighted by molar-refractivity contribution is 0.183. The summed E-state index contributed by atoms with van der Waals surface area (Å²) in [6.45, 7) is 3.95. The van der Waals surface area contributed by atoms with Crippen LogP contribution in [0.1, 0.15) is 13.3 Å². The highest BCUT2D eigenvalue weighted by atomic mass is 16.5. The van der Waals surface area contributed by atoms with Crippen molar-refractivity contribution >= 4 is 5.69 Å². The normalized spacial score (nSPS) is 20.4. The van der Waals surface area contributed by atoms with Gasteiger partial charge in [-0.1, -0.05) is 30.3 Å². The number of rotatable bonds is 4. The Balaban J connectivity index is 1.77. The third-order valence-corrected chi connectivity index (χ3v) is 3.76. The lowest BCUT2D eigenvalue weighted by atomic mass is 10.0. The molecule has 2 atom stereocenters. The van der Waals surface area contributed by atoms with Gasteiger partial charge in [0.1, 0.15) is 0 Å². The van der Waals surface area contributed by atoms with Gasteiger partial charge >= 0.3 is 0 Å². The molecule has 2 heterocycles. The Hall–Kier alpha value is -1.81. The van der Waals surface area contributed by atoms with Crippen LogP contribution in [0.25, 0.3) is 11.3 Å². The van der Waals surface area contributed by atoms with Crippen LogP contribution in [0.15, 0.2) is 36.5 Å². The molecular weight excluding hydrogens is 238 g/mol. The maximum atomic E-state index is 5.45. The van der Waals surface area contributed by atoms with E-state index in [0.717, 1.165) is 36.6 Å². The highest BCUT2D eigenvalue weighted by molar-refractivity contribution is 5.73. The predicted molar refractivity (Wildman–Crippen MR) is 76.0 cm³/mol. The van der Waals surface area contributed by atoms with Crippen molar-refractivity contribution in [2.45, 2.75) is 19.4 Å². The molecule has 2 N–H and O–H groups in total. The first kappa shape index (κ1) is 12.2. The molecular formula is C15H19N3O. The lowest BCUT2D eigenvalue weighted by Gasteiger charge is -2.20. The number of benzene rings is 1. The highest BCUT2D eigenvalue weighted by Crippen LogP contribution is 2.27. The maximum Gasteiger partial charge on any atom is 0.0882 e. The van der Waals surface area contributed by atoms with E-state index in [0.29, 0.717) is 12.0 Å². The summed E-state index contributed by atoms with van der Waals surface area (Å²) < 4.78 is 5.45. The number of aromatic nitrogens is 2. The summed E-state index contributed by atoms with van der Waals surface area (Å²) in [5.41, 5.74) is 3.26. The van der Waals surface area contributed by atoms with E-state index in [9.17, 15) is 0 Å². The minimum atomic E-state index is 0.391. The van der Waals surface area contributed by atoms with E-state index >= 15 is 0 Å². The van der Waals surface area contributed by atoms with Crippen LogP contribution < -0.4 is 5.32 Å². The van der Waals surface area contributed by atoms with Crippen molar-refractivity contribution in [1.82, 2.24) is 10.2 Å². The predicted octanol–water partition coefficient (Wildman–Crippen LogP) is 2.91. The Kier molecular flexibility index (Phi) is 3.51. The Bertz CT molecular complexity index is 517. The fraction of sp³-hybridized carbons (Fsp3) is 0.400. The van der Waals surface area contributed by atoms with E-state index in [2.05, 4.69) is 34.6 Å². The van der Waals surface area contributed by atoms with Gasteiger partial charge in [-0.15, -0.1) is 0 Å². The smallest absolute Gasteiger partial charge is 0.0882 e. The van der Waals surface area contributed by atoms with Gasteiger partial charge in [-0.25, -0.2) is 0 Å². The van der Waals surface area contributed by atoms with E-state index in [-0.39, 0.29) is 0 Å². The van der Waals surface area contributed by atoms with E-state index in [4.69, 9.17) is 4.74 Å². The number of nitrogens with one attached hydrogen (secondary N) is 2. The Labute approximate surface area is 113 Å². The van der Waals surface area contributed by atoms with Crippen molar-refractivity contribution in [2.24, 2.45) is 5.92 Å². The van der Waals surface area contributed by atoms with Gasteiger partial charge in [0.15, 0.2) is 0 Å². The molecule has 1 aliphatic heterocycles. The first-order valence-electron chi connectivity index (χ1n) is 6.77. The van der Waals surface area contributed by atoms with E-state index < -0.39 is 0 Å². The Morgan fingerprint density at radius 1 is 1.37 bits per heavy atom. The molecule has 0 saturated carbocycles. The van der Waals surface area contributed by atoms with Crippen LogP contribution in [0.2, 0.25) is 0 Å². The minimum Gasteiger partial charge on any atom is -0.381 e. The maximum absolute atomic E-state index is 5.45. The van der Waals surface area contributed by atoms with Crippen LogP contribution in [0.3, 0.4) is 0 Å². The summed E-state index contributed by atoms with van der Waals surface area (Å²) in [6, 6.07) is 10.7. The third kappa shape index (κ3) is 2.63. The molecule has 2 aromatic rings. The second-order valence-electron chi connectivity index (χ2n) is 5.08. The molecule has 0 spiro atoms. The van der Waals surface area contributed by atoms with Crippen LogP contribution in [0, 0.1) is 5.92 Å². The minimum absolute atomic E-state index is 0.391. The van der Waals surface area contributed by atoms with Crippen LogP contribution in [0.5, 0.6) is 0 Å². The van der Waals surface area contributed by atoms with Crippen molar-refractivity contribution in [1.29, 1.82) is 0 Å². The summed E-state index contributed by atoms with van der Waals surface area (Å²) in [6.07, 6.45) is 2.99. The number of nitrogens with zero attached hydrogens (tertiary/aromatic N) is 1. The quantitative estimate of drug-likeness (QED) is 0.885. The first-order chi connectivity index (χ1) is 9.34. The van der Waals surface area contributed by atoms with E-state index in [1.165, 1.54) is 0 Å². The molecule has 1 aromatic heterocycles. The number of H-pyrrole nitrogens is 1. The van der Waals surface area contributed by atoms with Crippen molar-refractivity contribution in [3.63, 3.8) is 0 Å². The summed E-state index contributed by atoms with van der Waals surface area (Å²) in [4.78, 5) is 0. The second kappa shape index (κ2) is 5.45. The average Bonchev–Trinajstić information content (AvgIpc) is 3.11. The monoisotopic (exact) mass is 257 g/mol. The van der Waals surface area contributed by atoms with Crippen LogP contribution in [-0.4, -0.2) is 29.5 Å². The van der Waals surface area contributed by atoms with Crippen LogP contribution in [0.4, 0.5) is 5.69 Å². The van der Waals surface area contributed by atoms with E-state index in [1.54, 1.807) is 0 Å². The zero-order valence-electron chi connectivity index (χ0n) is 11.1. The molecule has 1 aliphatic rings. The molecule has 2 unspecified atom stereocenters. The molecule has 0 aliphatic carbocycles. The van der Waals surface area contributed by atoms with Crippen molar-refractivity contribution in [3.8, 4) is 11.3 Å². The molecule has 19 heavy (non-hydrogen) atoms. The van der Waals surface area contributed by atoms with Crippen molar-refractivity contribution in [2.75, 3.05) is 18.5 Å². The molecule has 1 fully saturated rings. The summed E-state index contributed by atoms with van der Waals surface area (Å²) in [5, 5.41) is 10.8. The summed E-state index contributed by atoms with van der Waals surface area (Å²) in [7, 11) is 0. The third-order valence-electron chi connectivity index (χ3n) is 3.76. The molecule has 4 nitrogen and oxygen atoms in total. The summed E-state index contributed by atoms with van der Waals surface area (Å²) >= 11 is 0. The Morgan fingerprint density at radius 3 is 2.95 bits per heavy atom. The molecule has 0 radical (unpaired) electrons. The van der Waals surface area contributed by atoms with Gasteiger partial charge in [0.05, 0.1) is 24.2 Å². The number of hydrogen-bond donors (Lipinski definition) is 2. The topological polar surface area (TPSA) is 49.9 Å². The molecule has 1 aromatic carbocycles. The largest absolute Gasteiger partial charge is 0.381 e. The number of aromatic amines is 1. The van der Waals surface area contributed by atoms with Gasteiger partial charge in [0, 0.05) is 24.1 Å². The van der Waals surface area contributed by atoms with Crippen molar-refractivity contribution < 1.29 is 4.74 Å². The average molecular weight is 257 g/mol. The molecule has 1 saturated heterocycles. The fourth-order valence-corrected chi connectivity index (χ4v) is 2.53. The molecule has 0 bridgehead atoms. The fourth-order valence-electron chi connectivity index (χ4n) is 2.53. The lowest BCUT2D eigenvalue weighted by Crippen LogP contribution is -2.26. The van der Waals surface area contributed by atoms with Gasteiger partial charge in [-0.2, -0.15) is 5.10 Å². The SMILES string of the molecule is CC(Nc1cn[nH]c1-c1ccccc1)C1CCOC1. The van der Waals surface area contributed by atoms with Crippen LogP contribution >= 0.6 is 0 Å². The number of anilines is 1. The zero-order chi connectivity index (χ0) is 13.1. The van der Waals surface area contributed by atoms with Gasteiger partial charge in [-0.05, 0) is 13.3 Å². The molecule has 0 amide bonds. The van der Waals surface area contributed by atoms with E-state index in [1.807, 2.05) is 24.4 Å². The van der Waals surface area contributed by atoms with Gasteiger partial charge in [0.2, 0.25) is 0 Å². The Morgan fingerprint density at radius 2 is 2.21 bits per heavy atom. The van der Waals surface area contributed by atoms with Crippen molar-refractivity contribution in [3.05, 3.63) is 36.5 Å². The number of ether oxygens (including phenoxy) is 1. The van der Waals surface area contributed by atoms with Gasteiger partial charge < -0.3 is 10.1 Å². The summed E-state index contributed by atoms with van der Waals surface area (Å²) in [5.74, 6) is 0.582. The molecule has 3 rings (SSSR count). The zero-order valence-corrected chi connectivity index (χ0v) is 11.1.